The number of likely N-dealkylation sites (tertiary alicyclic amines) is 1. The fourth-order valence-electron chi connectivity index (χ4n) is 2.99. The molecule has 1 heterocycles. The van der Waals surface area contributed by atoms with Crippen molar-refractivity contribution in [1.29, 1.82) is 0 Å². The Morgan fingerprint density at radius 2 is 2.05 bits per heavy atom. The van der Waals surface area contributed by atoms with Gasteiger partial charge in [-0.2, -0.15) is 0 Å². The van der Waals surface area contributed by atoms with Crippen LogP contribution in [-0.2, 0) is 15.3 Å². The zero-order chi connectivity index (χ0) is 14.6. The molecule has 0 radical (unpaired) electrons. The summed E-state index contributed by atoms with van der Waals surface area (Å²) in [6, 6.07) is 9.99. The molecule has 1 fully saturated rings. The molecular formula is C16H23NO3. The van der Waals surface area contributed by atoms with Crippen LogP contribution in [0, 0.1) is 0 Å². The first-order valence-electron chi connectivity index (χ1n) is 7.25. The first kappa shape index (κ1) is 15.0. The molecule has 1 aliphatic rings. The van der Waals surface area contributed by atoms with Crippen molar-refractivity contribution in [3.63, 3.8) is 0 Å². The number of ether oxygens (including phenoxy) is 1. The van der Waals surface area contributed by atoms with Crippen LogP contribution in [0.15, 0.2) is 30.3 Å². The third kappa shape index (κ3) is 3.19. The van der Waals surface area contributed by atoms with Gasteiger partial charge in [0.25, 0.3) is 0 Å². The first-order valence-corrected chi connectivity index (χ1v) is 7.25. The highest BCUT2D eigenvalue weighted by Gasteiger charge is 2.42. The van der Waals surface area contributed by atoms with Crippen LogP contribution in [0.25, 0.3) is 0 Å². The summed E-state index contributed by atoms with van der Waals surface area (Å²) >= 11 is 0. The summed E-state index contributed by atoms with van der Waals surface area (Å²) in [6.07, 6.45) is 2.95. The minimum Gasteiger partial charge on any atom is -0.480 e. The molecule has 1 atom stereocenters. The molecule has 0 bridgehead atoms. The highest BCUT2D eigenvalue weighted by molar-refractivity contribution is 5.69. The van der Waals surface area contributed by atoms with Crippen molar-refractivity contribution in [3.8, 4) is 0 Å². The number of hydrogen-bond donors (Lipinski definition) is 1. The van der Waals surface area contributed by atoms with Gasteiger partial charge in [-0.3, -0.25) is 9.69 Å². The standard InChI is InChI=1S/C16H23NO3/c1-13(2)20-16(14-8-4-3-5-9-14)10-6-7-11-17(16)12-15(18)19/h3-5,8-9,13H,6-7,10-12H2,1-2H3,(H,18,19). The van der Waals surface area contributed by atoms with Gasteiger partial charge >= 0.3 is 5.97 Å². The van der Waals surface area contributed by atoms with Gasteiger partial charge in [-0.15, -0.1) is 0 Å². The molecule has 0 spiro atoms. The summed E-state index contributed by atoms with van der Waals surface area (Å²) in [5.41, 5.74) is 0.446. The Kier molecular flexibility index (Phi) is 4.78. The Morgan fingerprint density at radius 1 is 1.35 bits per heavy atom. The van der Waals surface area contributed by atoms with E-state index < -0.39 is 11.7 Å². The molecule has 110 valence electrons. The van der Waals surface area contributed by atoms with Crippen molar-refractivity contribution in [2.75, 3.05) is 13.1 Å². The minimum absolute atomic E-state index is 0.0155. The summed E-state index contributed by atoms with van der Waals surface area (Å²) in [5.74, 6) is -0.806. The number of hydrogen-bond acceptors (Lipinski definition) is 3. The van der Waals surface area contributed by atoms with Crippen molar-refractivity contribution >= 4 is 5.97 Å². The van der Waals surface area contributed by atoms with Crippen LogP contribution in [0.5, 0.6) is 0 Å². The van der Waals surface area contributed by atoms with Gasteiger partial charge in [0, 0.05) is 6.54 Å². The first-order chi connectivity index (χ1) is 9.54. The van der Waals surface area contributed by atoms with Crippen LogP contribution in [0.2, 0.25) is 0 Å². The number of nitrogens with zero attached hydrogens (tertiary/aromatic N) is 1. The van der Waals surface area contributed by atoms with Gasteiger partial charge in [0.05, 0.1) is 12.6 Å². The van der Waals surface area contributed by atoms with E-state index in [2.05, 4.69) is 0 Å². The molecule has 1 aromatic carbocycles. The van der Waals surface area contributed by atoms with E-state index in [9.17, 15) is 9.90 Å². The van der Waals surface area contributed by atoms with E-state index in [0.29, 0.717) is 0 Å². The van der Waals surface area contributed by atoms with E-state index in [1.807, 2.05) is 49.1 Å². The smallest absolute Gasteiger partial charge is 0.317 e. The van der Waals surface area contributed by atoms with Crippen LogP contribution >= 0.6 is 0 Å². The maximum Gasteiger partial charge on any atom is 0.317 e. The highest BCUT2D eigenvalue weighted by Crippen LogP contribution is 2.39. The molecule has 4 heteroatoms. The van der Waals surface area contributed by atoms with Crippen LogP contribution in [0.4, 0.5) is 0 Å². The lowest BCUT2D eigenvalue weighted by atomic mass is 9.90. The molecule has 0 aliphatic carbocycles. The second-order valence-electron chi connectivity index (χ2n) is 5.59. The Hall–Kier alpha value is -1.39. The number of carbonyl (C=O) groups is 1. The Balaban J connectivity index is 2.39. The molecule has 2 rings (SSSR count). The summed E-state index contributed by atoms with van der Waals surface area (Å²) in [4.78, 5) is 13.1. The zero-order valence-electron chi connectivity index (χ0n) is 12.2. The summed E-state index contributed by atoms with van der Waals surface area (Å²) < 4.78 is 6.24. The van der Waals surface area contributed by atoms with E-state index in [1.165, 1.54) is 0 Å². The summed E-state index contributed by atoms with van der Waals surface area (Å²) in [6.45, 7) is 4.77. The molecule has 1 unspecified atom stereocenters. The molecule has 0 saturated carbocycles. The fraction of sp³-hybridized carbons (Fsp3) is 0.562. The molecule has 1 saturated heterocycles. The van der Waals surface area contributed by atoms with Crippen molar-refractivity contribution < 1.29 is 14.6 Å². The predicted molar refractivity (Wildman–Crippen MR) is 77.4 cm³/mol. The number of piperidine rings is 1. The lowest BCUT2D eigenvalue weighted by Gasteiger charge is -2.47. The SMILES string of the molecule is CC(C)OC1(c2ccccc2)CCCCN1CC(=O)O. The average Bonchev–Trinajstić information content (AvgIpc) is 2.41. The fourth-order valence-corrected chi connectivity index (χ4v) is 2.99. The third-order valence-corrected chi connectivity index (χ3v) is 3.69. The minimum atomic E-state index is -0.806. The summed E-state index contributed by atoms with van der Waals surface area (Å²) in [7, 11) is 0. The van der Waals surface area contributed by atoms with E-state index in [-0.39, 0.29) is 12.6 Å². The van der Waals surface area contributed by atoms with Crippen molar-refractivity contribution in [1.82, 2.24) is 4.90 Å². The van der Waals surface area contributed by atoms with Gasteiger partial charge in [0.15, 0.2) is 0 Å². The normalized spacial score (nSPS) is 23.9. The third-order valence-electron chi connectivity index (χ3n) is 3.69. The highest BCUT2D eigenvalue weighted by atomic mass is 16.5. The van der Waals surface area contributed by atoms with Gasteiger partial charge in [0.1, 0.15) is 5.72 Å². The Bertz CT molecular complexity index is 446. The largest absolute Gasteiger partial charge is 0.480 e. The van der Waals surface area contributed by atoms with Crippen LogP contribution in [-0.4, -0.2) is 35.2 Å². The van der Waals surface area contributed by atoms with Gasteiger partial charge in [-0.25, -0.2) is 0 Å². The van der Waals surface area contributed by atoms with Gasteiger partial charge in [0.2, 0.25) is 0 Å². The average molecular weight is 277 g/mol. The predicted octanol–water partition coefficient (Wildman–Crippen LogP) is 2.83. The van der Waals surface area contributed by atoms with Gasteiger partial charge in [-0.1, -0.05) is 30.3 Å². The van der Waals surface area contributed by atoms with Crippen molar-refractivity contribution in [3.05, 3.63) is 35.9 Å². The number of rotatable bonds is 5. The van der Waals surface area contributed by atoms with E-state index in [0.717, 1.165) is 31.4 Å². The number of carboxylic acid groups (broad SMARTS) is 1. The van der Waals surface area contributed by atoms with Gasteiger partial charge < -0.3 is 9.84 Å². The molecule has 0 amide bonds. The summed E-state index contributed by atoms with van der Waals surface area (Å²) in [5, 5.41) is 9.18. The number of benzene rings is 1. The maximum atomic E-state index is 11.2. The van der Waals surface area contributed by atoms with Crippen molar-refractivity contribution in [2.45, 2.75) is 44.9 Å². The molecule has 4 nitrogen and oxygen atoms in total. The molecule has 1 N–H and O–H groups in total. The van der Waals surface area contributed by atoms with Crippen LogP contribution in [0.3, 0.4) is 0 Å². The lowest BCUT2D eigenvalue weighted by Crippen LogP contribution is -2.54. The van der Waals surface area contributed by atoms with Crippen LogP contribution < -0.4 is 0 Å². The van der Waals surface area contributed by atoms with Gasteiger partial charge in [-0.05, 0) is 38.7 Å². The number of aliphatic carboxylic acids is 1. The lowest BCUT2D eigenvalue weighted by molar-refractivity contribution is -0.207. The van der Waals surface area contributed by atoms with E-state index in [4.69, 9.17) is 4.74 Å². The molecular weight excluding hydrogens is 254 g/mol. The molecule has 1 aromatic rings. The topological polar surface area (TPSA) is 49.8 Å². The Labute approximate surface area is 120 Å². The zero-order valence-corrected chi connectivity index (χ0v) is 12.2. The molecule has 1 aliphatic heterocycles. The molecule has 0 aromatic heterocycles. The van der Waals surface area contributed by atoms with Crippen molar-refractivity contribution in [2.24, 2.45) is 0 Å². The second-order valence-corrected chi connectivity index (χ2v) is 5.59. The van der Waals surface area contributed by atoms with Crippen LogP contribution in [0.1, 0.15) is 38.7 Å². The molecule has 20 heavy (non-hydrogen) atoms. The van der Waals surface area contributed by atoms with E-state index in [1.54, 1.807) is 0 Å². The monoisotopic (exact) mass is 277 g/mol. The maximum absolute atomic E-state index is 11.2. The van der Waals surface area contributed by atoms with E-state index >= 15 is 0 Å². The Morgan fingerprint density at radius 3 is 2.65 bits per heavy atom. The number of carboxylic acids is 1. The second kappa shape index (κ2) is 6.37. The quantitative estimate of drug-likeness (QED) is 0.899.